The van der Waals surface area contributed by atoms with Crippen molar-refractivity contribution in [2.75, 3.05) is 11.1 Å². The highest BCUT2D eigenvalue weighted by Gasteiger charge is 2.10. The van der Waals surface area contributed by atoms with Gasteiger partial charge in [-0.3, -0.25) is 0 Å². The lowest BCUT2D eigenvalue weighted by Gasteiger charge is -2.16. The van der Waals surface area contributed by atoms with Crippen LogP contribution < -0.4 is 11.1 Å². The summed E-state index contributed by atoms with van der Waals surface area (Å²) in [6, 6.07) is 11.7. The van der Waals surface area contributed by atoms with E-state index < -0.39 is 0 Å². The van der Waals surface area contributed by atoms with Crippen LogP contribution in [0.4, 0.5) is 11.5 Å². The van der Waals surface area contributed by atoms with Crippen molar-refractivity contribution < 1.29 is 0 Å². The van der Waals surface area contributed by atoms with Gasteiger partial charge in [0, 0.05) is 17.9 Å². The molecule has 0 spiro atoms. The lowest BCUT2D eigenvalue weighted by atomic mass is 10.1. The van der Waals surface area contributed by atoms with Crippen molar-refractivity contribution in [2.45, 2.75) is 19.9 Å². The number of benzene rings is 1. The zero-order chi connectivity index (χ0) is 13.8. The molecule has 0 aliphatic heterocycles. The van der Waals surface area contributed by atoms with Gasteiger partial charge < -0.3 is 11.1 Å². The van der Waals surface area contributed by atoms with Gasteiger partial charge in [-0.05, 0) is 43.2 Å². The van der Waals surface area contributed by atoms with Crippen molar-refractivity contribution in [1.82, 2.24) is 4.98 Å². The van der Waals surface area contributed by atoms with E-state index in [9.17, 15) is 5.26 Å². The van der Waals surface area contributed by atoms with Gasteiger partial charge in [0.15, 0.2) is 0 Å². The maximum atomic E-state index is 9.17. The molecular formula is C15H16N4. The molecule has 96 valence electrons. The minimum Gasteiger partial charge on any atom is -0.399 e. The largest absolute Gasteiger partial charge is 0.399 e. The van der Waals surface area contributed by atoms with Crippen molar-refractivity contribution in [1.29, 1.82) is 5.26 Å². The van der Waals surface area contributed by atoms with Gasteiger partial charge in [-0.15, -0.1) is 0 Å². The average Bonchev–Trinajstić information content (AvgIpc) is 2.39. The highest BCUT2D eigenvalue weighted by Crippen LogP contribution is 2.22. The molecule has 0 fully saturated rings. The molecule has 0 radical (unpaired) electrons. The normalized spacial score (nSPS) is 11.6. The van der Waals surface area contributed by atoms with Gasteiger partial charge >= 0.3 is 0 Å². The predicted molar refractivity (Wildman–Crippen MR) is 76.6 cm³/mol. The number of aryl methyl sites for hydroxylation is 1. The highest BCUT2D eigenvalue weighted by molar-refractivity contribution is 5.56. The van der Waals surface area contributed by atoms with Crippen molar-refractivity contribution in [3.8, 4) is 6.07 Å². The van der Waals surface area contributed by atoms with E-state index in [-0.39, 0.29) is 6.04 Å². The smallest absolute Gasteiger partial charge is 0.144 e. The van der Waals surface area contributed by atoms with Crippen LogP contribution in [0.2, 0.25) is 0 Å². The van der Waals surface area contributed by atoms with Crippen LogP contribution in [0.25, 0.3) is 0 Å². The summed E-state index contributed by atoms with van der Waals surface area (Å²) in [6.45, 7) is 3.93. The van der Waals surface area contributed by atoms with Crippen LogP contribution in [0.5, 0.6) is 0 Å². The Hall–Kier alpha value is -2.54. The highest BCUT2D eigenvalue weighted by atomic mass is 15.0. The molecule has 1 unspecified atom stereocenters. The Balaban J connectivity index is 2.24. The number of anilines is 2. The van der Waals surface area contributed by atoms with Crippen molar-refractivity contribution >= 4 is 11.5 Å². The van der Waals surface area contributed by atoms with Crippen LogP contribution >= 0.6 is 0 Å². The first-order valence-electron chi connectivity index (χ1n) is 6.09. The first kappa shape index (κ1) is 12.9. The molecule has 1 aromatic carbocycles. The number of rotatable bonds is 3. The van der Waals surface area contributed by atoms with Crippen molar-refractivity contribution in [3.63, 3.8) is 0 Å². The third-order valence-corrected chi connectivity index (χ3v) is 3.06. The Morgan fingerprint density at radius 2 is 1.95 bits per heavy atom. The fourth-order valence-electron chi connectivity index (χ4n) is 1.88. The van der Waals surface area contributed by atoms with Crippen molar-refractivity contribution in [2.24, 2.45) is 0 Å². The molecule has 19 heavy (non-hydrogen) atoms. The molecule has 4 nitrogen and oxygen atoms in total. The monoisotopic (exact) mass is 252 g/mol. The van der Waals surface area contributed by atoms with Crippen LogP contribution in [0.3, 0.4) is 0 Å². The Bertz CT molecular complexity index is 611. The minimum atomic E-state index is 0.0574. The van der Waals surface area contributed by atoms with E-state index in [1.54, 1.807) is 6.20 Å². The molecule has 0 saturated heterocycles. The summed E-state index contributed by atoms with van der Waals surface area (Å²) in [4.78, 5) is 4.24. The van der Waals surface area contributed by atoms with Gasteiger partial charge in [-0.1, -0.05) is 12.1 Å². The van der Waals surface area contributed by atoms with E-state index in [4.69, 9.17) is 5.73 Å². The Kier molecular flexibility index (Phi) is 3.67. The SMILES string of the molecule is Cc1ccnc(NC(C)c2ccc(N)cc2)c1C#N. The van der Waals surface area contributed by atoms with E-state index in [0.29, 0.717) is 11.4 Å². The second-order valence-electron chi connectivity index (χ2n) is 4.50. The van der Waals surface area contributed by atoms with Crippen LogP contribution in [0.15, 0.2) is 36.5 Å². The van der Waals surface area contributed by atoms with E-state index in [0.717, 1.165) is 16.8 Å². The third-order valence-electron chi connectivity index (χ3n) is 3.06. The molecule has 1 aromatic heterocycles. The first-order valence-corrected chi connectivity index (χ1v) is 6.09. The number of hydrogen-bond acceptors (Lipinski definition) is 4. The summed E-state index contributed by atoms with van der Waals surface area (Å²) in [6.07, 6.45) is 1.70. The second kappa shape index (κ2) is 5.40. The lowest BCUT2D eigenvalue weighted by molar-refractivity contribution is 0.873. The molecule has 0 amide bonds. The second-order valence-corrected chi connectivity index (χ2v) is 4.50. The van der Waals surface area contributed by atoms with Crippen LogP contribution in [0.1, 0.15) is 29.7 Å². The number of nitrogens with two attached hydrogens (primary N) is 1. The number of nitrogens with zero attached hydrogens (tertiary/aromatic N) is 2. The molecule has 1 heterocycles. The quantitative estimate of drug-likeness (QED) is 0.823. The summed E-state index contributed by atoms with van der Waals surface area (Å²) in [7, 11) is 0. The summed E-state index contributed by atoms with van der Waals surface area (Å²) in [5.41, 5.74) is 9.01. The number of hydrogen-bond donors (Lipinski definition) is 2. The van der Waals surface area contributed by atoms with E-state index in [2.05, 4.69) is 16.4 Å². The maximum absolute atomic E-state index is 9.17. The third kappa shape index (κ3) is 2.83. The molecule has 4 heteroatoms. The molecule has 2 rings (SSSR count). The lowest BCUT2D eigenvalue weighted by Crippen LogP contribution is -2.10. The maximum Gasteiger partial charge on any atom is 0.144 e. The summed E-state index contributed by atoms with van der Waals surface area (Å²) in [5.74, 6) is 0.617. The Morgan fingerprint density at radius 3 is 2.58 bits per heavy atom. The van der Waals surface area contributed by atoms with Crippen LogP contribution in [0, 0.1) is 18.3 Å². The Morgan fingerprint density at radius 1 is 1.26 bits per heavy atom. The number of nitriles is 1. The molecule has 3 N–H and O–H groups in total. The predicted octanol–water partition coefficient (Wildman–Crippen LogP) is 3.02. The molecule has 0 saturated carbocycles. The number of nitrogens with one attached hydrogen (secondary N) is 1. The average molecular weight is 252 g/mol. The summed E-state index contributed by atoms with van der Waals surface area (Å²) < 4.78 is 0. The molecular weight excluding hydrogens is 236 g/mol. The molecule has 0 aliphatic rings. The minimum absolute atomic E-state index is 0.0574. The molecule has 2 aromatic rings. The van der Waals surface area contributed by atoms with Gasteiger partial charge in [-0.25, -0.2) is 4.98 Å². The van der Waals surface area contributed by atoms with E-state index in [1.807, 2.05) is 44.2 Å². The zero-order valence-electron chi connectivity index (χ0n) is 11.0. The molecule has 1 atom stereocenters. The van der Waals surface area contributed by atoms with Crippen LogP contribution in [-0.4, -0.2) is 4.98 Å². The summed E-state index contributed by atoms with van der Waals surface area (Å²) in [5, 5.41) is 12.4. The standard InChI is InChI=1S/C15H16N4/c1-10-7-8-18-15(14(10)9-16)19-11(2)12-3-5-13(17)6-4-12/h3-8,11H,17H2,1-2H3,(H,18,19). The Labute approximate surface area is 112 Å². The molecule has 0 aliphatic carbocycles. The van der Waals surface area contributed by atoms with E-state index >= 15 is 0 Å². The van der Waals surface area contributed by atoms with Gasteiger partial charge in [-0.2, -0.15) is 5.26 Å². The van der Waals surface area contributed by atoms with Crippen LogP contribution in [-0.2, 0) is 0 Å². The van der Waals surface area contributed by atoms with Gasteiger partial charge in [0.1, 0.15) is 11.9 Å². The first-order chi connectivity index (χ1) is 9.11. The van der Waals surface area contributed by atoms with Gasteiger partial charge in [0.05, 0.1) is 5.56 Å². The number of aromatic nitrogens is 1. The van der Waals surface area contributed by atoms with Gasteiger partial charge in [0.25, 0.3) is 0 Å². The zero-order valence-corrected chi connectivity index (χ0v) is 11.0. The van der Waals surface area contributed by atoms with Gasteiger partial charge in [0.2, 0.25) is 0 Å². The van der Waals surface area contributed by atoms with Crippen molar-refractivity contribution in [3.05, 3.63) is 53.2 Å². The number of pyridine rings is 1. The van der Waals surface area contributed by atoms with E-state index in [1.165, 1.54) is 0 Å². The fourth-order valence-corrected chi connectivity index (χ4v) is 1.88. The summed E-state index contributed by atoms with van der Waals surface area (Å²) >= 11 is 0. The number of nitrogen functional groups attached to an aromatic ring is 1. The molecule has 0 bridgehead atoms. The fraction of sp³-hybridized carbons (Fsp3) is 0.200. The topological polar surface area (TPSA) is 74.7 Å².